The van der Waals surface area contributed by atoms with Crippen LogP contribution in [0.4, 0.5) is 5.82 Å². The number of hydrogen-bond donors (Lipinski definition) is 1. The van der Waals surface area contributed by atoms with Gasteiger partial charge in [-0.1, -0.05) is 18.2 Å². The summed E-state index contributed by atoms with van der Waals surface area (Å²) < 4.78 is 1.87. The third kappa shape index (κ3) is 2.49. The Bertz CT molecular complexity index is 791. The second kappa shape index (κ2) is 5.61. The molecule has 0 atom stereocenters. The minimum atomic E-state index is 0.604. The average Bonchev–Trinajstić information content (AvgIpc) is 2.47. The molecule has 100 valence electrons. The Morgan fingerprint density at radius 1 is 1.20 bits per heavy atom. The first-order chi connectivity index (χ1) is 9.69. The fourth-order valence-electron chi connectivity index (χ4n) is 1.90. The molecular weight excluding hydrogens is 431 g/mol. The van der Waals surface area contributed by atoms with Gasteiger partial charge in [0.2, 0.25) is 0 Å². The molecule has 1 N–H and O–H groups in total. The summed E-state index contributed by atoms with van der Waals surface area (Å²) in [6, 6.07) is 10.0. The zero-order valence-electron chi connectivity index (χ0n) is 10.6. The van der Waals surface area contributed by atoms with E-state index in [1.54, 1.807) is 6.20 Å². The fourth-order valence-corrected chi connectivity index (χ4v) is 2.95. The summed E-state index contributed by atoms with van der Waals surface area (Å²) in [4.78, 5) is 13.5. The van der Waals surface area contributed by atoms with Crippen molar-refractivity contribution in [1.29, 1.82) is 0 Å². The molecule has 0 radical (unpaired) electrons. The lowest BCUT2D eigenvalue weighted by atomic mass is 10.2. The van der Waals surface area contributed by atoms with Crippen LogP contribution in [0, 0.1) is 3.57 Å². The van der Waals surface area contributed by atoms with Crippen LogP contribution in [-0.2, 0) is 0 Å². The molecule has 0 aliphatic rings. The molecular formula is C14H10BrIN4. The summed E-state index contributed by atoms with van der Waals surface area (Å²) in [5.74, 6) is 1.41. The minimum absolute atomic E-state index is 0.604. The molecule has 0 aliphatic heterocycles. The first-order valence-electron chi connectivity index (χ1n) is 5.95. The zero-order valence-corrected chi connectivity index (χ0v) is 14.3. The van der Waals surface area contributed by atoms with E-state index >= 15 is 0 Å². The van der Waals surface area contributed by atoms with Gasteiger partial charge in [0, 0.05) is 23.1 Å². The Morgan fingerprint density at radius 3 is 2.80 bits per heavy atom. The number of fused-ring (bicyclic) bond motifs is 1. The lowest BCUT2D eigenvalue weighted by Crippen LogP contribution is -2.00. The number of nitrogens with one attached hydrogen (secondary N) is 1. The molecule has 0 spiro atoms. The topological polar surface area (TPSA) is 50.7 Å². The van der Waals surface area contributed by atoms with Crippen molar-refractivity contribution in [3.8, 4) is 11.5 Å². The van der Waals surface area contributed by atoms with E-state index in [1.807, 2.05) is 37.4 Å². The minimum Gasteiger partial charge on any atom is -0.372 e. The van der Waals surface area contributed by atoms with Crippen LogP contribution in [0.25, 0.3) is 22.4 Å². The number of rotatable bonds is 2. The molecule has 2 heterocycles. The molecule has 3 aromatic rings. The van der Waals surface area contributed by atoms with Crippen molar-refractivity contribution in [3.63, 3.8) is 0 Å². The van der Waals surface area contributed by atoms with Gasteiger partial charge in [-0.15, -0.1) is 0 Å². The normalized spacial score (nSPS) is 10.8. The van der Waals surface area contributed by atoms with Crippen molar-refractivity contribution in [2.75, 3.05) is 12.4 Å². The summed E-state index contributed by atoms with van der Waals surface area (Å²) in [7, 11) is 1.84. The molecule has 0 saturated heterocycles. The highest BCUT2D eigenvalue weighted by Crippen LogP contribution is 2.28. The van der Waals surface area contributed by atoms with E-state index in [9.17, 15) is 0 Å². The molecule has 0 aliphatic carbocycles. The predicted octanol–water partition coefficient (Wildman–Crippen LogP) is 4.10. The van der Waals surface area contributed by atoms with Crippen LogP contribution in [0.15, 0.2) is 41.0 Å². The van der Waals surface area contributed by atoms with E-state index < -0.39 is 0 Å². The van der Waals surface area contributed by atoms with Gasteiger partial charge in [0.05, 0.1) is 9.09 Å². The van der Waals surface area contributed by atoms with Crippen LogP contribution in [0.5, 0.6) is 0 Å². The first-order valence-corrected chi connectivity index (χ1v) is 7.82. The number of pyridine rings is 1. The molecule has 0 amide bonds. The van der Waals surface area contributed by atoms with E-state index in [-0.39, 0.29) is 0 Å². The molecule has 4 nitrogen and oxygen atoms in total. The lowest BCUT2D eigenvalue weighted by molar-refractivity contribution is 1.13. The molecule has 2 aromatic heterocycles. The number of para-hydroxylation sites is 1. The van der Waals surface area contributed by atoms with Gasteiger partial charge >= 0.3 is 0 Å². The van der Waals surface area contributed by atoms with Crippen LogP contribution in [0.2, 0.25) is 0 Å². The summed E-state index contributed by atoms with van der Waals surface area (Å²) in [6.45, 7) is 0. The third-order valence-electron chi connectivity index (χ3n) is 2.87. The van der Waals surface area contributed by atoms with E-state index in [0.29, 0.717) is 5.82 Å². The number of hydrogen-bond acceptors (Lipinski definition) is 4. The Balaban J connectivity index is 2.21. The predicted molar refractivity (Wildman–Crippen MR) is 92.7 cm³/mol. The molecule has 1 aromatic carbocycles. The zero-order chi connectivity index (χ0) is 14.1. The molecule has 20 heavy (non-hydrogen) atoms. The summed E-state index contributed by atoms with van der Waals surface area (Å²) >= 11 is 5.75. The van der Waals surface area contributed by atoms with Crippen LogP contribution < -0.4 is 5.32 Å². The van der Waals surface area contributed by atoms with Crippen LogP contribution in [-0.4, -0.2) is 22.0 Å². The van der Waals surface area contributed by atoms with Gasteiger partial charge in [0.15, 0.2) is 5.82 Å². The highest BCUT2D eigenvalue weighted by Gasteiger charge is 2.12. The Kier molecular flexibility index (Phi) is 3.84. The van der Waals surface area contributed by atoms with E-state index in [1.165, 1.54) is 0 Å². The van der Waals surface area contributed by atoms with Gasteiger partial charge in [-0.2, -0.15) is 0 Å². The smallest absolute Gasteiger partial charge is 0.181 e. The molecule has 0 unspecified atom stereocenters. The third-order valence-corrected chi connectivity index (χ3v) is 4.26. The number of anilines is 1. The van der Waals surface area contributed by atoms with Crippen molar-refractivity contribution in [2.45, 2.75) is 0 Å². The van der Waals surface area contributed by atoms with Crippen LogP contribution >= 0.6 is 38.5 Å². The Morgan fingerprint density at radius 2 is 2.00 bits per heavy atom. The van der Waals surface area contributed by atoms with Gasteiger partial charge in [0.25, 0.3) is 0 Å². The molecule has 0 saturated carbocycles. The van der Waals surface area contributed by atoms with Gasteiger partial charge in [-0.3, -0.25) is 0 Å². The molecule has 0 fully saturated rings. The Hall–Kier alpha value is -1.28. The number of benzene rings is 1. The van der Waals surface area contributed by atoms with Gasteiger partial charge in [-0.25, -0.2) is 15.0 Å². The van der Waals surface area contributed by atoms with Crippen molar-refractivity contribution >= 4 is 55.2 Å². The van der Waals surface area contributed by atoms with Crippen molar-refractivity contribution in [2.24, 2.45) is 0 Å². The number of aromatic nitrogens is 3. The summed E-state index contributed by atoms with van der Waals surface area (Å²) in [5.41, 5.74) is 1.68. The van der Waals surface area contributed by atoms with E-state index in [2.05, 4.69) is 58.8 Å². The highest BCUT2D eigenvalue weighted by molar-refractivity contribution is 14.1. The maximum Gasteiger partial charge on any atom is 0.181 e. The van der Waals surface area contributed by atoms with Gasteiger partial charge < -0.3 is 5.32 Å². The van der Waals surface area contributed by atoms with Gasteiger partial charge in [0.1, 0.15) is 11.5 Å². The molecule has 0 bridgehead atoms. The Labute approximate surface area is 138 Å². The fraction of sp³-hybridized carbons (Fsp3) is 0.0714. The van der Waals surface area contributed by atoms with E-state index in [0.717, 1.165) is 30.5 Å². The van der Waals surface area contributed by atoms with Crippen LogP contribution in [0.3, 0.4) is 0 Å². The lowest BCUT2D eigenvalue weighted by Gasteiger charge is -2.07. The maximum atomic E-state index is 4.65. The highest BCUT2D eigenvalue weighted by atomic mass is 127. The number of halogens is 2. The average molecular weight is 441 g/mol. The second-order valence-corrected chi connectivity index (χ2v) is 6.17. The largest absolute Gasteiger partial charge is 0.372 e. The molecule has 6 heteroatoms. The maximum absolute atomic E-state index is 4.65. The summed E-state index contributed by atoms with van der Waals surface area (Å²) in [6.07, 6.45) is 1.79. The van der Waals surface area contributed by atoms with Crippen molar-refractivity contribution < 1.29 is 0 Å². The number of nitrogens with zero attached hydrogens (tertiary/aromatic N) is 3. The summed E-state index contributed by atoms with van der Waals surface area (Å²) in [5, 5.41) is 4.15. The monoisotopic (exact) mass is 440 g/mol. The van der Waals surface area contributed by atoms with Crippen molar-refractivity contribution in [1.82, 2.24) is 15.0 Å². The second-order valence-electron chi connectivity index (χ2n) is 4.15. The molecule has 3 rings (SSSR count). The van der Waals surface area contributed by atoms with Gasteiger partial charge in [-0.05, 0) is 50.7 Å². The van der Waals surface area contributed by atoms with E-state index in [4.69, 9.17) is 0 Å². The quantitative estimate of drug-likeness (QED) is 0.609. The first kappa shape index (κ1) is 13.7. The SMILES string of the molecule is CNc1nc(-c2nc3ccccc3cc2Br)ncc1I. The standard InChI is InChI=1S/C14H10BrIN4/c1-17-13-10(16)7-18-14(20-13)12-9(15)6-8-4-2-3-5-11(8)19-12/h2-7H,1H3,(H,17,18,20). The van der Waals surface area contributed by atoms with Crippen LogP contribution in [0.1, 0.15) is 0 Å². The van der Waals surface area contributed by atoms with Crippen molar-refractivity contribution in [3.05, 3.63) is 44.6 Å².